The maximum absolute atomic E-state index is 2.77. The summed E-state index contributed by atoms with van der Waals surface area (Å²) in [7, 11) is 0. The van der Waals surface area contributed by atoms with Gasteiger partial charge >= 0.3 is 0 Å². The smallest absolute Gasteiger partial charge is 0.0231 e. The van der Waals surface area contributed by atoms with Crippen molar-refractivity contribution in [2.75, 3.05) is 0 Å². The summed E-state index contributed by atoms with van der Waals surface area (Å²) < 4.78 is 0. The predicted molar refractivity (Wildman–Crippen MR) is 271 cm³/mol. The van der Waals surface area contributed by atoms with Gasteiger partial charge in [-0.3, -0.25) is 0 Å². The highest BCUT2D eigenvalue weighted by Gasteiger charge is 2.62. The molecule has 16 unspecified atom stereocenters. The Hall–Kier alpha value is -0.520. The molecular formula is C64H102. The summed E-state index contributed by atoms with van der Waals surface area (Å²) in [4.78, 5) is 0. The molecule has 64 heavy (non-hydrogen) atoms. The van der Waals surface area contributed by atoms with Crippen molar-refractivity contribution in [1.82, 2.24) is 0 Å². The highest BCUT2D eigenvalue weighted by atomic mass is 14.7. The van der Waals surface area contributed by atoms with Gasteiger partial charge < -0.3 is 0 Å². The Morgan fingerprint density at radius 2 is 0.422 bits per heavy atom. The van der Waals surface area contributed by atoms with Gasteiger partial charge in [0.15, 0.2) is 0 Å². The molecule has 0 amide bonds. The van der Waals surface area contributed by atoms with Crippen LogP contribution in [-0.2, 0) is 0 Å². The van der Waals surface area contributed by atoms with Gasteiger partial charge in [0.25, 0.3) is 0 Å². The molecule has 0 aromatic rings. The fraction of sp³-hybridized carbons (Fsp3) is 0.938. The van der Waals surface area contributed by atoms with Gasteiger partial charge in [0, 0.05) is 0 Å². The molecule has 12 rings (SSSR count). The maximum Gasteiger partial charge on any atom is -0.0231 e. The van der Waals surface area contributed by atoms with Crippen LogP contribution in [0.3, 0.4) is 0 Å². The van der Waals surface area contributed by atoms with Gasteiger partial charge in [-0.15, -0.1) is 0 Å². The van der Waals surface area contributed by atoms with Gasteiger partial charge in [-0.05, 0) is 284 Å². The molecule has 0 heteroatoms. The van der Waals surface area contributed by atoms with Crippen molar-refractivity contribution in [1.29, 1.82) is 0 Å². The first kappa shape index (κ1) is 44.7. The van der Waals surface area contributed by atoms with Crippen molar-refractivity contribution in [2.45, 2.75) is 244 Å². The highest BCUT2D eigenvalue weighted by Crippen LogP contribution is 2.69. The van der Waals surface area contributed by atoms with Gasteiger partial charge in [-0.1, -0.05) is 114 Å². The first-order valence-corrected chi connectivity index (χ1v) is 31.1. The van der Waals surface area contributed by atoms with Crippen LogP contribution in [-0.4, -0.2) is 0 Å². The van der Waals surface area contributed by atoms with Crippen LogP contribution in [0.5, 0.6) is 0 Å². The Balaban J connectivity index is 0.760. The van der Waals surface area contributed by atoms with Crippen LogP contribution in [0.2, 0.25) is 0 Å². The molecule has 358 valence electrons. The molecule has 12 saturated carbocycles. The third-order valence-corrected chi connectivity index (χ3v) is 25.0. The molecule has 0 bridgehead atoms. The van der Waals surface area contributed by atoms with E-state index in [-0.39, 0.29) is 0 Å². The molecule has 0 heterocycles. The summed E-state index contributed by atoms with van der Waals surface area (Å²) in [6.07, 6.45) is 70.8. The Labute approximate surface area is 396 Å². The molecule has 12 aliphatic carbocycles. The monoisotopic (exact) mass is 871 g/mol. The van der Waals surface area contributed by atoms with Crippen molar-refractivity contribution >= 4 is 0 Å². The molecular weight excluding hydrogens is 769 g/mol. The quantitative estimate of drug-likeness (QED) is 0.224. The lowest BCUT2D eigenvalue weighted by molar-refractivity contribution is -0.176. The Morgan fingerprint density at radius 3 is 0.766 bits per heavy atom. The van der Waals surface area contributed by atoms with Crippen LogP contribution >= 0.6 is 0 Å². The van der Waals surface area contributed by atoms with Crippen molar-refractivity contribution in [3.63, 3.8) is 0 Å². The van der Waals surface area contributed by atoms with Crippen LogP contribution in [0, 0.1) is 130 Å². The molecule has 0 nitrogen and oxygen atoms in total. The van der Waals surface area contributed by atoms with E-state index in [4.69, 9.17) is 0 Å². The Bertz CT molecular complexity index is 1380. The molecule has 0 saturated heterocycles. The lowest BCUT2D eigenvalue weighted by Gasteiger charge is -2.66. The minimum absolute atomic E-state index is 0.913. The van der Waals surface area contributed by atoms with Crippen molar-refractivity contribution < 1.29 is 0 Å². The Morgan fingerprint density at radius 1 is 0.172 bits per heavy atom. The molecule has 0 aliphatic heterocycles. The van der Waals surface area contributed by atoms with E-state index in [9.17, 15) is 0 Å². The van der Waals surface area contributed by atoms with E-state index in [2.05, 4.69) is 24.3 Å². The van der Waals surface area contributed by atoms with E-state index < -0.39 is 0 Å². The van der Waals surface area contributed by atoms with E-state index in [1.165, 1.54) is 77.0 Å². The van der Waals surface area contributed by atoms with Gasteiger partial charge in [0.2, 0.25) is 0 Å². The lowest BCUT2D eigenvalue weighted by atomic mass is 9.39. The molecule has 12 fully saturated rings. The number of hydrogen-bond donors (Lipinski definition) is 0. The average molecular weight is 872 g/mol. The number of hydrogen-bond acceptors (Lipinski definition) is 0. The third-order valence-electron chi connectivity index (χ3n) is 25.0. The van der Waals surface area contributed by atoms with Crippen molar-refractivity contribution in [3.05, 3.63) is 24.3 Å². The minimum Gasteiger partial charge on any atom is -0.0851 e. The summed E-state index contributed by atoms with van der Waals surface area (Å²) >= 11 is 0. The van der Waals surface area contributed by atoms with Gasteiger partial charge in [-0.2, -0.15) is 0 Å². The fourth-order valence-electron chi connectivity index (χ4n) is 22.6. The van der Waals surface area contributed by atoms with Crippen LogP contribution in [0.1, 0.15) is 244 Å². The largest absolute Gasteiger partial charge is 0.0851 e. The molecule has 0 aromatic heterocycles. The van der Waals surface area contributed by atoms with Gasteiger partial charge in [0.05, 0.1) is 0 Å². The highest BCUT2D eigenvalue weighted by molar-refractivity contribution is 5.11. The van der Waals surface area contributed by atoms with E-state index in [1.54, 1.807) is 167 Å². The van der Waals surface area contributed by atoms with Gasteiger partial charge in [0.1, 0.15) is 0 Å². The van der Waals surface area contributed by atoms with Gasteiger partial charge in [-0.25, -0.2) is 0 Å². The number of allylic oxidation sites excluding steroid dienone is 4. The average Bonchev–Trinajstić information content (AvgIpc) is 3.36. The second-order valence-corrected chi connectivity index (χ2v) is 27.7. The summed E-state index contributed by atoms with van der Waals surface area (Å²) in [6.45, 7) is 0. The molecule has 16 atom stereocenters. The number of fused-ring (bicyclic) bond motifs is 6. The topological polar surface area (TPSA) is 0 Å². The second kappa shape index (κ2) is 20.4. The predicted octanol–water partition coefficient (Wildman–Crippen LogP) is 18.6. The molecule has 0 aromatic carbocycles. The van der Waals surface area contributed by atoms with E-state index in [0.29, 0.717) is 0 Å². The van der Waals surface area contributed by atoms with Crippen molar-refractivity contribution in [3.8, 4) is 0 Å². The summed E-state index contributed by atoms with van der Waals surface area (Å²) in [6, 6.07) is 0. The summed E-state index contributed by atoms with van der Waals surface area (Å²) in [5, 5.41) is 0. The maximum atomic E-state index is 2.77. The molecule has 0 radical (unpaired) electrons. The second-order valence-electron chi connectivity index (χ2n) is 27.7. The van der Waals surface area contributed by atoms with Crippen LogP contribution in [0.4, 0.5) is 0 Å². The minimum atomic E-state index is 0.913. The van der Waals surface area contributed by atoms with E-state index in [0.717, 1.165) is 130 Å². The van der Waals surface area contributed by atoms with Crippen LogP contribution in [0.15, 0.2) is 24.3 Å². The first-order chi connectivity index (χ1) is 31.7. The van der Waals surface area contributed by atoms with E-state index >= 15 is 0 Å². The lowest BCUT2D eigenvalue weighted by Crippen LogP contribution is -2.60. The van der Waals surface area contributed by atoms with Crippen molar-refractivity contribution in [2.24, 2.45) is 130 Å². The zero-order valence-corrected chi connectivity index (χ0v) is 41.9. The summed E-state index contributed by atoms with van der Waals surface area (Å²) in [5.41, 5.74) is 0. The van der Waals surface area contributed by atoms with Crippen LogP contribution in [0.25, 0.3) is 0 Å². The third kappa shape index (κ3) is 9.07. The molecule has 0 N–H and O–H groups in total. The SMILES string of the molecule is C(=CC1CCC2CC(C3C4CCCCC4C(C4C5CCCCC5C(C5CCC6CC(C=CC7CCCCC7)CCC6C5)C5CCCCC54)C4CCCCC43)CCC2C1)C1CCCCC1. The van der Waals surface area contributed by atoms with E-state index in [1.807, 2.05) is 0 Å². The molecule has 0 spiro atoms. The normalized spacial score (nSPS) is 50.7. The summed E-state index contributed by atoms with van der Waals surface area (Å²) in [5.74, 6) is 23.5. The Kier molecular flexibility index (Phi) is 14.3. The van der Waals surface area contributed by atoms with Crippen LogP contribution < -0.4 is 0 Å². The molecule has 12 aliphatic rings. The fourth-order valence-corrected chi connectivity index (χ4v) is 22.6. The first-order valence-electron chi connectivity index (χ1n) is 31.1. The zero-order valence-electron chi connectivity index (χ0n) is 41.9. The number of rotatable bonds is 7. The zero-order chi connectivity index (χ0) is 42.4. The standard InChI is InChI=1S/C64H102/c1-3-15-43(16-4-1)27-29-45-31-33-49-41-51(37-35-47(49)39-45)61-53-19-7-11-23-57(53)63(58-24-12-8-20-54(58)61)64-59-25-13-9-21-55(59)62(56-22-10-14-26-60(56)64)52-38-36-48-40-46(32-34-50(48)42-52)30-28-44-17-5-2-6-18-44/h27-30,43-64H,1-26,31-42H2.